The van der Waals surface area contributed by atoms with Gasteiger partial charge in [-0.1, -0.05) is 26.0 Å². The monoisotopic (exact) mass is 417 g/mol. The van der Waals surface area contributed by atoms with Gasteiger partial charge in [-0.3, -0.25) is 4.98 Å². The van der Waals surface area contributed by atoms with E-state index in [1.165, 1.54) is 0 Å². The smallest absolute Gasteiger partial charge is 0.244 e. The number of nitrogens with zero attached hydrogens (tertiary/aromatic N) is 3. The summed E-state index contributed by atoms with van der Waals surface area (Å²) < 4.78 is 28.9. The van der Waals surface area contributed by atoms with Gasteiger partial charge in [-0.15, -0.1) is 11.3 Å². The standard InChI is InChI=1S/C21H27N3O2S2/c1-4-23(5-2)13-14-24(16-18-8-7-15-27-18)28(25,26)20-11-10-17(3)21-19(20)9-6-12-22-21/h6-12,15H,4-5,13-14,16H2,1-3H3. The summed E-state index contributed by atoms with van der Waals surface area (Å²) >= 11 is 1.58. The van der Waals surface area contributed by atoms with Gasteiger partial charge >= 0.3 is 0 Å². The van der Waals surface area contributed by atoms with Gasteiger partial charge < -0.3 is 4.90 Å². The molecule has 7 heteroatoms. The van der Waals surface area contributed by atoms with Crippen molar-refractivity contribution in [3.05, 3.63) is 58.4 Å². The summed E-state index contributed by atoms with van der Waals surface area (Å²) in [6.07, 6.45) is 1.70. The van der Waals surface area contributed by atoms with E-state index in [0.29, 0.717) is 29.9 Å². The van der Waals surface area contributed by atoms with E-state index in [1.807, 2.05) is 36.6 Å². The Morgan fingerprint density at radius 1 is 1.04 bits per heavy atom. The van der Waals surface area contributed by atoms with Crippen LogP contribution in [0.1, 0.15) is 24.3 Å². The minimum atomic E-state index is -3.66. The van der Waals surface area contributed by atoms with Gasteiger partial charge in [-0.2, -0.15) is 4.31 Å². The van der Waals surface area contributed by atoms with Crippen molar-refractivity contribution in [2.75, 3.05) is 26.2 Å². The Hall–Kier alpha value is -1.80. The first kappa shape index (κ1) is 20.9. The molecule has 0 saturated heterocycles. The predicted molar refractivity (Wildman–Crippen MR) is 116 cm³/mol. The number of hydrogen-bond donors (Lipinski definition) is 0. The molecule has 0 unspecified atom stereocenters. The number of aromatic nitrogens is 1. The molecule has 2 aromatic heterocycles. The molecule has 0 aliphatic carbocycles. The van der Waals surface area contributed by atoms with Gasteiger partial charge in [0.05, 0.1) is 10.4 Å². The van der Waals surface area contributed by atoms with Crippen LogP contribution in [0.4, 0.5) is 0 Å². The third-order valence-corrected chi connectivity index (χ3v) is 7.79. The lowest BCUT2D eigenvalue weighted by Gasteiger charge is -2.26. The second-order valence-electron chi connectivity index (χ2n) is 6.73. The molecule has 0 spiro atoms. The molecule has 0 fully saturated rings. The van der Waals surface area contributed by atoms with E-state index in [2.05, 4.69) is 23.7 Å². The van der Waals surface area contributed by atoms with Gasteiger partial charge in [0.2, 0.25) is 10.0 Å². The van der Waals surface area contributed by atoms with E-state index in [0.717, 1.165) is 29.0 Å². The quantitative estimate of drug-likeness (QED) is 0.525. The fraction of sp³-hybridized carbons (Fsp3) is 0.381. The Bertz CT molecular complexity index is 1010. The minimum Gasteiger partial charge on any atom is -0.303 e. The van der Waals surface area contributed by atoms with Crippen LogP contribution in [0.2, 0.25) is 0 Å². The van der Waals surface area contributed by atoms with E-state index >= 15 is 0 Å². The molecule has 0 radical (unpaired) electrons. The Balaban J connectivity index is 2.01. The van der Waals surface area contributed by atoms with Crippen molar-refractivity contribution >= 4 is 32.3 Å². The first-order chi connectivity index (χ1) is 13.5. The van der Waals surface area contributed by atoms with Crippen LogP contribution < -0.4 is 0 Å². The second-order valence-corrected chi connectivity index (χ2v) is 9.66. The van der Waals surface area contributed by atoms with E-state index in [4.69, 9.17) is 0 Å². The van der Waals surface area contributed by atoms with Crippen molar-refractivity contribution < 1.29 is 8.42 Å². The molecule has 0 saturated carbocycles. The van der Waals surface area contributed by atoms with E-state index in [9.17, 15) is 8.42 Å². The predicted octanol–water partition coefficient (Wildman–Crippen LogP) is 4.14. The van der Waals surface area contributed by atoms with Crippen molar-refractivity contribution in [2.24, 2.45) is 0 Å². The second kappa shape index (κ2) is 9.13. The van der Waals surface area contributed by atoms with Crippen molar-refractivity contribution in [2.45, 2.75) is 32.2 Å². The van der Waals surface area contributed by atoms with E-state index in [-0.39, 0.29) is 0 Å². The maximum atomic E-state index is 13.7. The maximum absolute atomic E-state index is 13.7. The van der Waals surface area contributed by atoms with E-state index in [1.54, 1.807) is 34.0 Å². The highest BCUT2D eigenvalue weighted by molar-refractivity contribution is 7.89. The highest BCUT2D eigenvalue weighted by Gasteiger charge is 2.27. The lowest BCUT2D eigenvalue weighted by Crippen LogP contribution is -2.38. The number of rotatable bonds is 9. The summed E-state index contributed by atoms with van der Waals surface area (Å²) in [4.78, 5) is 8.01. The van der Waals surface area contributed by atoms with Gasteiger partial charge in [0.25, 0.3) is 0 Å². The van der Waals surface area contributed by atoms with Crippen LogP contribution in [-0.2, 0) is 16.6 Å². The summed E-state index contributed by atoms with van der Waals surface area (Å²) in [6, 6.07) is 11.1. The van der Waals surface area contributed by atoms with Crippen LogP contribution in [0, 0.1) is 6.92 Å². The zero-order valence-corrected chi connectivity index (χ0v) is 18.3. The van der Waals surface area contributed by atoms with Crippen molar-refractivity contribution in [3.63, 3.8) is 0 Å². The zero-order valence-electron chi connectivity index (χ0n) is 16.6. The van der Waals surface area contributed by atoms with Crippen LogP contribution in [0.25, 0.3) is 10.9 Å². The number of thiophene rings is 1. The first-order valence-electron chi connectivity index (χ1n) is 9.56. The molecule has 0 aliphatic heterocycles. The van der Waals surface area contributed by atoms with Gasteiger partial charge in [-0.05, 0) is 55.2 Å². The molecule has 0 bridgehead atoms. The Morgan fingerprint density at radius 2 is 1.82 bits per heavy atom. The molecule has 28 heavy (non-hydrogen) atoms. The third-order valence-electron chi connectivity index (χ3n) is 5.02. The maximum Gasteiger partial charge on any atom is 0.244 e. The fourth-order valence-corrected chi connectivity index (χ4v) is 5.70. The molecule has 0 aliphatic rings. The number of sulfonamides is 1. The minimum absolute atomic E-state index is 0.331. The Kier molecular flexibility index (Phi) is 6.82. The molecule has 1 aromatic carbocycles. The first-order valence-corrected chi connectivity index (χ1v) is 11.9. The van der Waals surface area contributed by atoms with Crippen LogP contribution in [0.5, 0.6) is 0 Å². The molecular weight excluding hydrogens is 390 g/mol. The van der Waals surface area contributed by atoms with Crippen LogP contribution >= 0.6 is 11.3 Å². The number of fused-ring (bicyclic) bond motifs is 1. The Labute approximate surface area is 171 Å². The zero-order chi connectivity index (χ0) is 20.1. The average molecular weight is 418 g/mol. The molecule has 5 nitrogen and oxygen atoms in total. The summed E-state index contributed by atoms with van der Waals surface area (Å²) in [6.45, 7) is 9.51. The van der Waals surface area contributed by atoms with Gasteiger partial charge in [-0.25, -0.2) is 8.42 Å². The van der Waals surface area contributed by atoms with Gasteiger partial charge in [0.1, 0.15) is 0 Å². The fourth-order valence-electron chi connectivity index (χ4n) is 3.31. The highest BCUT2D eigenvalue weighted by atomic mass is 32.2. The molecule has 3 rings (SSSR count). The molecule has 2 heterocycles. The summed E-state index contributed by atoms with van der Waals surface area (Å²) in [5.74, 6) is 0. The summed E-state index contributed by atoms with van der Waals surface area (Å²) in [5, 5.41) is 2.66. The Morgan fingerprint density at radius 3 is 2.50 bits per heavy atom. The topological polar surface area (TPSA) is 53.5 Å². The number of pyridine rings is 1. The number of likely N-dealkylation sites (N-methyl/N-ethyl adjacent to an activating group) is 1. The molecule has 0 N–H and O–H groups in total. The number of hydrogen-bond acceptors (Lipinski definition) is 5. The van der Waals surface area contributed by atoms with Crippen LogP contribution in [0.3, 0.4) is 0 Å². The summed E-state index contributed by atoms with van der Waals surface area (Å²) in [7, 11) is -3.66. The largest absolute Gasteiger partial charge is 0.303 e. The third kappa shape index (κ3) is 4.43. The van der Waals surface area contributed by atoms with E-state index < -0.39 is 10.0 Å². The van der Waals surface area contributed by atoms with Crippen molar-refractivity contribution in [1.82, 2.24) is 14.2 Å². The van der Waals surface area contributed by atoms with Gasteiger partial charge in [0, 0.05) is 36.1 Å². The lowest BCUT2D eigenvalue weighted by molar-refractivity contribution is 0.269. The van der Waals surface area contributed by atoms with Crippen molar-refractivity contribution in [3.8, 4) is 0 Å². The SMILES string of the molecule is CCN(CC)CCN(Cc1cccs1)S(=O)(=O)c1ccc(C)c2ncccc12. The molecule has 150 valence electrons. The van der Waals surface area contributed by atoms with Gasteiger partial charge in [0.15, 0.2) is 0 Å². The number of benzene rings is 1. The molecule has 0 atom stereocenters. The lowest BCUT2D eigenvalue weighted by atomic mass is 10.1. The van der Waals surface area contributed by atoms with Crippen molar-refractivity contribution in [1.29, 1.82) is 0 Å². The average Bonchev–Trinajstić information content (AvgIpc) is 3.21. The molecule has 3 aromatic rings. The normalized spacial score (nSPS) is 12.3. The van der Waals surface area contributed by atoms with Crippen LogP contribution in [-0.4, -0.2) is 48.8 Å². The molecular formula is C21H27N3O2S2. The highest BCUT2D eigenvalue weighted by Crippen LogP contribution is 2.28. The van der Waals surface area contributed by atoms with Crippen LogP contribution in [0.15, 0.2) is 52.9 Å². The molecule has 0 amide bonds. The summed E-state index contributed by atoms with van der Waals surface area (Å²) in [5.41, 5.74) is 1.71. The number of aryl methyl sites for hydroxylation is 1.